The quantitative estimate of drug-likeness (QED) is 0.441. The molecule has 0 aliphatic carbocycles. The summed E-state index contributed by atoms with van der Waals surface area (Å²) in [5.74, 6) is 0. The zero-order valence-corrected chi connectivity index (χ0v) is 6.93. The molecule has 2 atom stereocenters. The van der Waals surface area contributed by atoms with Crippen LogP contribution < -0.4 is 0 Å². The standard InChI is InChI=1S/C3H7O8P/c1-3-2-6-8-9-10-11-12(4,5)7-3/h3H,2H2,1H3,(H,4,5). The van der Waals surface area contributed by atoms with Gasteiger partial charge in [-0.2, -0.15) is 0 Å². The third-order valence-corrected chi connectivity index (χ3v) is 1.72. The molecule has 1 rings (SSSR count). The number of phosphoric ester groups is 1. The van der Waals surface area contributed by atoms with E-state index in [1.54, 1.807) is 0 Å². The summed E-state index contributed by atoms with van der Waals surface area (Å²) in [5.41, 5.74) is 0. The molecule has 72 valence electrons. The van der Waals surface area contributed by atoms with Crippen molar-refractivity contribution in [2.75, 3.05) is 6.61 Å². The molecule has 1 aliphatic rings. The Morgan fingerprint density at radius 1 is 1.42 bits per heavy atom. The van der Waals surface area contributed by atoms with Crippen molar-refractivity contribution < 1.29 is 38.7 Å². The molecule has 2 unspecified atom stereocenters. The minimum absolute atomic E-state index is 0.0999. The molecule has 0 aromatic carbocycles. The van der Waals surface area contributed by atoms with Gasteiger partial charge in [0.05, 0.1) is 6.10 Å². The minimum Gasteiger partial charge on any atom is -0.301 e. The molecule has 1 aliphatic heterocycles. The van der Waals surface area contributed by atoms with Crippen molar-refractivity contribution in [1.82, 2.24) is 0 Å². The molecule has 0 amide bonds. The first-order valence-corrected chi connectivity index (χ1v) is 4.42. The van der Waals surface area contributed by atoms with Gasteiger partial charge in [0.1, 0.15) is 6.61 Å². The predicted molar refractivity (Wildman–Crippen MR) is 30.7 cm³/mol. The Hall–Kier alpha value is -0.0500. The zero-order chi connectivity index (χ0) is 9.03. The van der Waals surface area contributed by atoms with Crippen LogP contribution in [-0.4, -0.2) is 17.6 Å². The maximum Gasteiger partial charge on any atom is 0.502 e. The van der Waals surface area contributed by atoms with E-state index in [1.165, 1.54) is 6.92 Å². The smallest absolute Gasteiger partial charge is 0.301 e. The molecule has 0 spiro atoms. The van der Waals surface area contributed by atoms with Crippen LogP contribution in [0.15, 0.2) is 0 Å². The van der Waals surface area contributed by atoms with Crippen LogP contribution in [-0.2, 0) is 33.8 Å². The Balaban J connectivity index is 2.49. The van der Waals surface area contributed by atoms with Crippen LogP contribution >= 0.6 is 7.82 Å². The normalized spacial score (nSPS) is 39.7. The van der Waals surface area contributed by atoms with Gasteiger partial charge in [0, 0.05) is 0 Å². The minimum atomic E-state index is -4.25. The number of hydrogen-bond donors (Lipinski definition) is 1. The van der Waals surface area contributed by atoms with Crippen molar-refractivity contribution in [3.05, 3.63) is 0 Å². The summed E-state index contributed by atoms with van der Waals surface area (Å²) >= 11 is 0. The molecular formula is C3H7O8P. The fraction of sp³-hybridized carbons (Fsp3) is 1.00. The molecular weight excluding hydrogens is 195 g/mol. The first-order valence-electron chi connectivity index (χ1n) is 2.92. The molecule has 1 N–H and O–H groups in total. The summed E-state index contributed by atoms with van der Waals surface area (Å²) in [7, 11) is -4.25. The predicted octanol–water partition coefficient (Wildman–Crippen LogP) is 0.248. The maximum atomic E-state index is 10.8. The lowest BCUT2D eigenvalue weighted by Gasteiger charge is -2.11. The van der Waals surface area contributed by atoms with Crippen LogP contribution in [0.1, 0.15) is 6.92 Å². The number of hydrogen-bond acceptors (Lipinski definition) is 7. The van der Waals surface area contributed by atoms with E-state index >= 15 is 0 Å². The van der Waals surface area contributed by atoms with E-state index < -0.39 is 13.9 Å². The van der Waals surface area contributed by atoms with Crippen LogP contribution in [0, 0.1) is 0 Å². The van der Waals surface area contributed by atoms with Gasteiger partial charge in [-0.05, 0) is 22.0 Å². The van der Waals surface area contributed by atoms with Gasteiger partial charge < -0.3 is 4.89 Å². The van der Waals surface area contributed by atoms with Gasteiger partial charge in [-0.3, -0.25) is 4.52 Å². The summed E-state index contributed by atoms with van der Waals surface area (Å²) in [4.78, 5) is 13.0. The van der Waals surface area contributed by atoms with E-state index in [4.69, 9.17) is 4.89 Å². The Morgan fingerprint density at radius 2 is 2.17 bits per heavy atom. The lowest BCUT2D eigenvalue weighted by molar-refractivity contribution is -0.691. The molecule has 0 bridgehead atoms. The summed E-state index contributed by atoms with van der Waals surface area (Å²) in [6.45, 7) is 1.37. The van der Waals surface area contributed by atoms with Crippen LogP contribution in [0.3, 0.4) is 0 Å². The SMILES string of the molecule is CC1COOOOOP(=O)(O)O1. The molecule has 0 aromatic heterocycles. The molecule has 0 saturated carbocycles. The van der Waals surface area contributed by atoms with Crippen LogP contribution in [0.5, 0.6) is 0 Å². The lowest BCUT2D eigenvalue weighted by Crippen LogP contribution is -2.13. The lowest BCUT2D eigenvalue weighted by atomic mass is 10.5. The first-order chi connectivity index (χ1) is 5.60. The molecule has 12 heavy (non-hydrogen) atoms. The molecule has 1 heterocycles. The molecule has 8 nitrogen and oxygen atoms in total. The van der Waals surface area contributed by atoms with Crippen LogP contribution in [0.4, 0.5) is 0 Å². The van der Waals surface area contributed by atoms with E-state index in [0.29, 0.717) is 0 Å². The number of rotatable bonds is 0. The van der Waals surface area contributed by atoms with E-state index in [0.717, 1.165) is 0 Å². The van der Waals surface area contributed by atoms with Gasteiger partial charge in [-0.25, -0.2) is 9.45 Å². The van der Waals surface area contributed by atoms with E-state index in [2.05, 4.69) is 29.2 Å². The second-order valence-electron chi connectivity index (χ2n) is 1.95. The summed E-state index contributed by atoms with van der Waals surface area (Å²) < 4.78 is 19.0. The highest BCUT2D eigenvalue weighted by molar-refractivity contribution is 7.47. The van der Waals surface area contributed by atoms with Gasteiger partial charge in [0.15, 0.2) is 0 Å². The van der Waals surface area contributed by atoms with Crippen molar-refractivity contribution >= 4 is 7.82 Å². The third-order valence-electron chi connectivity index (χ3n) is 0.844. The van der Waals surface area contributed by atoms with E-state index in [9.17, 15) is 4.57 Å². The van der Waals surface area contributed by atoms with Gasteiger partial charge in [0.25, 0.3) is 0 Å². The van der Waals surface area contributed by atoms with Crippen LogP contribution in [0.2, 0.25) is 0 Å². The highest BCUT2D eigenvalue weighted by atomic mass is 31.2. The van der Waals surface area contributed by atoms with Crippen molar-refractivity contribution in [2.45, 2.75) is 13.0 Å². The molecule has 0 aromatic rings. The second kappa shape index (κ2) is 4.26. The first kappa shape index (κ1) is 10.0. The monoisotopic (exact) mass is 202 g/mol. The zero-order valence-electron chi connectivity index (χ0n) is 6.04. The van der Waals surface area contributed by atoms with Gasteiger partial charge in [-0.1, -0.05) is 4.67 Å². The van der Waals surface area contributed by atoms with E-state index in [-0.39, 0.29) is 6.61 Å². The van der Waals surface area contributed by atoms with Crippen LogP contribution in [0.25, 0.3) is 0 Å². The third kappa shape index (κ3) is 3.57. The Kier molecular flexibility index (Phi) is 3.56. The van der Waals surface area contributed by atoms with E-state index in [1.807, 2.05) is 0 Å². The highest BCUT2D eigenvalue weighted by Gasteiger charge is 2.28. The fourth-order valence-corrected chi connectivity index (χ4v) is 1.13. The van der Waals surface area contributed by atoms with Gasteiger partial charge in [-0.15, -0.1) is 0 Å². The topological polar surface area (TPSA) is 92.7 Å². The Bertz CT molecular complexity index is 181. The maximum absolute atomic E-state index is 10.8. The number of phosphoric acid groups is 1. The fourth-order valence-electron chi connectivity index (χ4n) is 0.481. The average Bonchev–Trinajstić information content (AvgIpc) is 1.99. The summed E-state index contributed by atoms with van der Waals surface area (Å²) in [6, 6.07) is 0. The average molecular weight is 202 g/mol. The van der Waals surface area contributed by atoms with Crippen molar-refractivity contribution in [2.24, 2.45) is 0 Å². The van der Waals surface area contributed by atoms with Gasteiger partial charge >= 0.3 is 7.82 Å². The molecule has 0 radical (unpaired) electrons. The van der Waals surface area contributed by atoms with Crippen molar-refractivity contribution in [3.8, 4) is 0 Å². The van der Waals surface area contributed by atoms with Crippen molar-refractivity contribution in [1.29, 1.82) is 0 Å². The molecule has 1 fully saturated rings. The highest BCUT2D eigenvalue weighted by Crippen LogP contribution is 2.45. The summed E-state index contributed by atoms with van der Waals surface area (Å²) in [5, 5.41) is 11.2. The molecule has 9 heteroatoms. The Labute approximate surface area is 67.2 Å². The van der Waals surface area contributed by atoms with Gasteiger partial charge in [0.2, 0.25) is 0 Å². The van der Waals surface area contributed by atoms with Crippen molar-refractivity contribution in [3.63, 3.8) is 0 Å². The largest absolute Gasteiger partial charge is 0.502 e. The second-order valence-corrected chi connectivity index (χ2v) is 3.24. The summed E-state index contributed by atoms with van der Waals surface area (Å²) in [6.07, 6.45) is -0.689. The Morgan fingerprint density at radius 3 is 2.92 bits per heavy atom. The molecule has 1 saturated heterocycles.